The summed E-state index contributed by atoms with van der Waals surface area (Å²) in [6.45, 7) is 1.65. The molecule has 0 bridgehead atoms. The molecule has 1 N–H and O–H groups in total. The van der Waals surface area contributed by atoms with Crippen molar-refractivity contribution in [2.75, 3.05) is 6.26 Å². The number of para-hydroxylation sites is 1. The summed E-state index contributed by atoms with van der Waals surface area (Å²) in [5, 5.41) is 1.000. The van der Waals surface area contributed by atoms with Crippen LogP contribution in [0.5, 0.6) is 0 Å². The molecule has 21 heavy (non-hydrogen) atoms. The van der Waals surface area contributed by atoms with Crippen molar-refractivity contribution in [2.45, 2.75) is 17.6 Å². The number of sulfone groups is 1. The maximum Gasteiger partial charge on any atom is 0.151 e. The molecule has 2 unspecified atom stereocenters. The second-order valence-electron chi connectivity index (χ2n) is 5.41. The van der Waals surface area contributed by atoms with Crippen LogP contribution in [0.25, 0.3) is 21.8 Å². The maximum absolute atomic E-state index is 11.7. The first-order valence-corrected chi connectivity index (χ1v) is 9.10. The highest BCUT2D eigenvalue weighted by Gasteiger charge is 2.25. The molecule has 5 heteroatoms. The Hall–Kier alpha value is -1.52. The van der Waals surface area contributed by atoms with Gasteiger partial charge in [-0.25, -0.2) is 8.42 Å². The normalized spacial score (nSPS) is 15.4. The summed E-state index contributed by atoms with van der Waals surface area (Å²) in [5.74, 6) is 0. The molecule has 0 radical (unpaired) electrons. The van der Waals surface area contributed by atoms with Gasteiger partial charge in [0, 0.05) is 28.1 Å². The van der Waals surface area contributed by atoms with Crippen LogP contribution in [0.1, 0.15) is 17.9 Å². The third kappa shape index (κ3) is 2.54. The third-order valence-corrected chi connectivity index (χ3v) is 6.34. The first-order chi connectivity index (χ1) is 9.88. The molecular weight excluding hydrogens is 306 g/mol. The van der Waals surface area contributed by atoms with Crippen LogP contribution in [0.4, 0.5) is 0 Å². The maximum atomic E-state index is 11.7. The monoisotopic (exact) mass is 321 g/mol. The lowest BCUT2D eigenvalue weighted by molar-refractivity contribution is 0.587. The molecule has 0 aliphatic carbocycles. The number of rotatable bonds is 3. The van der Waals surface area contributed by atoms with E-state index in [0.717, 1.165) is 27.4 Å². The van der Waals surface area contributed by atoms with Gasteiger partial charge in [-0.3, -0.25) is 0 Å². The highest BCUT2D eigenvalue weighted by Crippen LogP contribution is 2.33. The largest absolute Gasteiger partial charge is 0.355 e. The number of fused-ring (bicyclic) bond motifs is 3. The van der Waals surface area contributed by atoms with E-state index in [4.69, 9.17) is 11.6 Å². The average Bonchev–Trinajstić information content (AvgIpc) is 2.82. The van der Waals surface area contributed by atoms with Crippen LogP contribution < -0.4 is 0 Å². The van der Waals surface area contributed by atoms with Gasteiger partial charge in [0.25, 0.3) is 0 Å². The van der Waals surface area contributed by atoms with Gasteiger partial charge in [0.1, 0.15) is 0 Å². The summed E-state index contributed by atoms with van der Waals surface area (Å²) in [4.78, 5) is 3.34. The van der Waals surface area contributed by atoms with E-state index in [0.29, 0.717) is 0 Å². The van der Waals surface area contributed by atoms with E-state index in [2.05, 4.69) is 4.98 Å². The van der Waals surface area contributed by atoms with Crippen LogP contribution in [0.3, 0.4) is 0 Å². The van der Waals surface area contributed by atoms with Gasteiger partial charge in [0.15, 0.2) is 9.84 Å². The minimum absolute atomic E-state index is 0.557. The standard InChI is InChI=1S/C16H16ClNO2S/c1-10(21(2,19)20)16(17)11-7-8-15-13(9-11)12-5-3-4-6-14(12)18-15/h3-10,16,18H,1-2H3. The van der Waals surface area contributed by atoms with Gasteiger partial charge in [-0.15, -0.1) is 11.6 Å². The molecule has 2 aromatic carbocycles. The van der Waals surface area contributed by atoms with Crippen LogP contribution >= 0.6 is 11.6 Å². The fourth-order valence-electron chi connectivity index (χ4n) is 2.53. The topological polar surface area (TPSA) is 49.9 Å². The summed E-state index contributed by atoms with van der Waals surface area (Å²) in [6, 6.07) is 13.8. The van der Waals surface area contributed by atoms with Crippen LogP contribution in [0.15, 0.2) is 42.5 Å². The zero-order valence-corrected chi connectivity index (χ0v) is 13.4. The Kier molecular flexibility index (Phi) is 3.46. The van der Waals surface area contributed by atoms with E-state index < -0.39 is 20.5 Å². The van der Waals surface area contributed by atoms with Crippen molar-refractivity contribution < 1.29 is 8.42 Å². The van der Waals surface area contributed by atoms with Crippen molar-refractivity contribution in [1.29, 1.82) is 0 Å². The number of nitrogens with one attached hydrogen (secondary N) is 1. The number of hydrogen-bond acceptors (Lipinski definition) is 2. The van der Waals surface area contributed by atoms with Gasteiger partial charge in [0.2, 0.25) is 0 Å². The van der Waals surface area contributed by atoms with Crippen molar-refractivity contribution in [3.63, 3.8) is 0 Å². The second-order valence-corrected chi connectivity index (χ2v) is 8.28. The smallest absolute Gasteiger partial charge is 0.151 e. The molecule has 1 heterocycles. The molecule has 0 saturated heterocycles. The van der Waals surface area contributed by atoms with Crippen molar-refractivity contribution >= 4 is 43.2 Å². The van der Waals surface area contributed by atoms with E-state index in [9.17, 15) is 8.42 Å². The number of hydrogen-bond donors (Lipinski definition) is 1. The lowest BCUT2D eigenvalue weighted by Gasteiger charge is -2.16. The first-order valence-electron chi connectivity index (χ1n) is 6.71. The third-order valence-electron chi connectivity index (χ3n) is 3.94. The Morgan fingerprint density at radius 3 is 2.43 bits per heavy atom. The first kappa shape index (κ1) is 14.4. The van der Waals surface area contributed by atoms with Crippen LogP contribution in [0, 0.1) is 0 Å². The molecule has 3 aromatic rings. The summed E-state index contributed by atoms with van der Waals surface area (Å²) < 4.78 is 23.4. The summed E-state index contributed by atoms with van der Waals surface area (Å²) in [7, 11) is -3.17. The molecule has 0 fully saturated rings. The van der Waals surface area contributed by atoms with Gasteiger partial charge >= 0.3 is 0 Å². The molecule has 3 nitrogen and oxygen atoms in total. The number of benzene rings is 2. The molecular formula is C16H16ClNO2S. The number of alkyl halides is 1. The minimum atomic E-state index is -3.17. The van der Waals surface area contributed by atoms with Gasteiger partial charge in [-0.1, -0.05) is 24.3 Å². The van der Waals surface area contributed by atoms with E-state index in [-0.39, 0.29) is 0 Å². The van der Waals surface area contributed by atoms with Crippen LogP contribution in [0.2, 0.25) is 0 Å². The molecule has 3 rings (SSSR count). The Morgan fingerprint density at radius 2 is 1.71 bits per heavy atom. The number of H-pyrrole nitrogens is 1. The van der Waals surface area contributed by atoms with Crippen LogP contribution in [-0.2, 0) is 9.84 Å². The Balaban J connectivity index is 2.14. The molecule has 0 amide bonds. The van der Waals surface area contributed by atoms with E-state index in [1.165, 1.54) is 6.26 Å². The van der Waals surface area contributed by atoms with Crippen LogP contribution in [-0.4, -0.2) is 24.9 Å². The molecule has 0 aliphatic rings. The molecule has 110 valence electrons. The molecule has 1 aromatic heterocycles. The number of aromatic nitrogens is 1. The van der Waals surface area contributed by atoms with Gasteiger partial charge in [0.05, 0.1) is 10.6 Å². The summed E-state index contributed by atoms with van der Waals surface area (Å²) in [6.07, 6.45) is 1.22. The fraction of sp³-hybridized carbons (Fsp3) is 0.250. The van der Waals surface area contributed by atoms with Crippen molar-refractivity contribution in [3.05, 3.63) is 48.0 Å². The Labute approximate surface area is 128 Å². The molecule has 0 spiro atoms. The van der Waals surface area contributed by atoms with Gasteiger partial charge in [-0.2, -0.15) is 0 Å². The zero-order valence-electron chi connectivity index (χ0n) is 11.8. The van der Waals surface area contributed by atoms with E-state index >= 15 is 0 Å². The van der Waals surface area contributed by atoms with Gasteiger partial charge in [-0.05, 0) is 30.7 Å². The van der Waals surface area contributed by atoms with Crippen molar-refractivity contribution in [3.8, 4) is 0 Å². The Bertz CT molecular complexity index is 914. The highest BCUT2D eigenvalue weighted by molar-refractivity contribution is 7.91. The fourth-order valence-corrected chi connectivity index (χ4v) is 3.81. The summed E-state index contributed by atoms with van der Waals surface area (Å²) >= 11 is 6.37. The molecule has 0 aliphatic heterocycles. The minimum Gasteiger partial charge on any atom is -0.355 e. The van der Waals surface area contributed by atoms with E-state index in [1.807, 2.05) is 42.5 Å². The SMILES string of the molecule is CC(C(Cl)c1ccc2[nH]c3ccccc3c2c1)S(C)(=O)=O. The Morgan fingerprint density at radius 1 is 1.05 bits per heavy atom. The van der Waals surface area contributed by atoms with Crippen molar-refractivity contribution in [2.24, 2.45) is 0 Å². The molecule has 2 atom stereocenters. The predicted octanol–water partition coefficient (Wildman–Crippen LogP) is 4.03. The zero-order chi connectivity index (χ0) is 15.2. The number of aromatic amines is 1. The summed E-state index contributed by atoms with van der Waals surface area (Å²) in [5.41, 5.74) is 2.91. The van der Waals surface area contributed by atoms with E-state index in [1.54, 1.807) is 6.92 Å². The quantitative estimate of drug-likeness (QED) is 0.740. The number of halogens is 1. The predicted molar refractivity (Wildman–Crippen MR) is 88.7 cm³/mol. The second kappa shape index (κ2) is 5.04. The van der Waals surface area contributed by atoms with Gasteiger partial charge < -0.3 is 4.98 Å². The lowest BCUT2D eigenvalue weighted by Crippen LogP contribution is -2.21. The van der Waals surface area contributed by atoms with Crippen molar-refractivity contribution in [1.82, 2.24) is 4.98 Å². The molecule has 0 saturated carbocycles. The average molecular weight is 322 g/mol. The highest BCUT2D eigenvalue weighted by atomic mass is 35.5. The lowest BCUT2D eigenvalue weighted by atomic mass is 10.1.